The van der Waals surface area contributed by atoms with Gasteiger partial charge in [-0.25, -0.2) is 4.98 Å². The zero-order valence-corrected chi connectivity index (χ0v) is 15.2. The highest BCUT2D eigenvalue weighted by atomic mass is 16.3. The highest BCUT2D eigenvalue weighted by molar-refractivity contribution is 5.95. The molecule has 1 saturated heterocycles. The second-order valence-corrected chi connectivity index (χ2v) is 6.82. The van der Waals surface area contributed by atoms with E-state index < -0.39 is 0 Å². The Labute approximate surface area is 157 Å². The molecule has 0 unspecified atom stereocenters. The number of benzene rings is 2. The molecule has 1 fully saturated rings. The Balaban J connectivity index is 1.36. The predicted molar refractivity (Wildman–Crippen MR) is 101 cm³/mol. The number of rotatable bonds is 3. The molecule has 2 aromatic carbocycles. The van der Waals surface area contributed by atoms with Gasteiger partial charge in [0.1, 0.15) is 5.52 Å². The summed E-state index contributed by atoms with van der Waals surface area (Å²) in [5.74, 6) is 0.104. The van der Waals surface area contributed by atoms with Gasteiger partial charge in [0, 0.05) is 31.7 Å². The quantitative estimate of drug-likeness (QED) is 0.718. The van der Waals surface area contributed by atoms with Crippen LogP contribution in [-0.2, 0) is 11.2 Å². The van der Waals surface area contributed by atoms with Crippen LogP contribution in [0.4, 0.5) is 0 Å². The fraction of sp³-hybridized carbons (Fsp3) is 0.286. The SMILES string of the molecule is Cc1ccccc1C(=O)N1CCN(C(=O)Cc2ccc3ncoc3c2)CC1. The van der Waals surface area contributed by atoms with Crippen LogP contribution >= 0.6 is 0 Å². The van der Waals surface area contributed by atoms with Gasteiger partial charge in [-0.15, -0.1) is 0 Å². The molecule has 0 bridgehead atoms. The summed E-state index contributed by atoms with van der Waals surface area (Å²) in [6.45, 7) is 4.17. The van der Waals surface area contributed by atoms with Crippen molar-refractivity contribution in [1.29, 1.82) is 0 Å². The summed E-state index contributed by atoms with van der Waals surface area (Å²) in [7, 11) is 0. The van der Waals surface area contributed by atoms with Crippen molar-refractivity contribution in [2.45, 2.75) is 13.3 Å². The molecule has 1 aliphatic heterocycles. The Morgan fingerprint density at radius 1 is 1.04 bits per heavy atom. The van der Waals surface area contributed by atoms with Crippen LogP contribution in [0.5, 0.6) is 0 Å². The monoisotopic (exact) mass is 363 g/mol. The first-order valence-electron chi connectivity index (χ1n) is 9.06. The second-order valence-electron chi connectivity index (χ2n) is 6.82. The van der Waals surface area contributed by atoms with Gasteiger partial charge in [0.2, 0.25) is 5.91 Å². The molecule has 4 rings (SSSR count). The molecule has 1 aromatic heterocycles. The highest BCUT2D eigenvalue weighted by Gasteiger charge is 2.25. The Morgan fingerprint density at radius 3 is 2.56 bits per heavy atom. The summed E-state index contributed by atoms with van der Waals surface area (Å²) in [4.78, 5) is 33.0. The van der Waals surface area contributed by atoms with E-state index in [2.05, 4.69) is 4.98 Å². The molecule has 0 saturated carbocycles. The van der Waals surface area contributed by atoms with Crippen LogP contribution in [0, 0.1) is 6.92 Å². The van der Waals surface area contributed by atoms with E-state index in [0.717, 1.165) is 22.2 Å². The van der Waals surface area contributed by atoms with Crippen LogP contribution in [-0.4, -0.2) is 52.8 Å². The van der Waals surface area contributed by atoms with E-state index in [1.807, 2.05) is 59.2 Å². The molecular weight excluding hydrogens is 342 g/mol. The van der Waals surface area contributed by atoms with Gasteiger partial charge in [0.15, 0.2) is 12.0 Å². The van der Waals surface area contributed by atoms with Crippen LogP contribution in [0.3, 0.4) is 0 Å². The molecule has 0 N–H and O–H groups in total. The fourth-order valence-electron chi connectivity index (χ4n) is 3.44. The van der Waals surface area contributed by atoms with E-state index >= 15 is 0 Å². The van der Waals surface area contributed by atoms with E-state index in [4.69, 9.17) is 4.42 Å². The van der Waals surface area contributed by atoms with Crippen molar-refractivity contribution in [2.75, 3.05) is 26.2 Å². The zero-order chi connectivity index (χ0) is 18.8. The van der Waals surface area contributed by atoms with E-state index in [-0.39, 0.29) is 11.8 Å². The third-order valence-corrected chi connectivity index (χ3v) is 5.05. The maximum atomic E-state index is 12.7. The average Bonchev–Trinajstić information content (AvgIpc) is 3.16. The van der Waals surface area contributed by atoms with Gasteiger partial charge in [-0.05, 0) is 36.2 Å². The molecular formula is C21H21N3O3. The largest absolute Gasteiger partial charge is 0.443 e. The number of piperazine rings is 1. The van der Waals surface area contributed by atoms with Crippen molar-refractivity contribution in [3.8, 4) is 0 Å². The minimum Gasteiger partial charge on any atom is -0.443 e. The minimum absolute atomic E-state index is 0.0379. The standard InChI is InChI=1S/C21H21N3O3/c1-15-4-2-3-5-17(15)21(26)24-10-8-23(9-11-24)20(25)13-16-6-7-18-19(12-16)27-14-22-18/h2-7,12,14H,8-11,13H2,1H3. The van der Waals surface area contributed by atoms with Crippen molar-refractivity contribution < 1.29 is 14.0 Å². The van der Waals surface area contributed by atoms with Gasteiger partial charge in [0.05, 0.1) is 6.42 Å². The molecule has 0 radical (unpaired) electrons. The van der Waals surface area contributed by atoms with E-state index in [9.17, 15) is 9.59 Å². The second kappa shape index (κ2) is 7.23. The Morgan fingerprint density at radius 2 is 1.78 bits per heavy atom. The summed E-state index contributed by atoms with van der Waals surface area (Å²) in [5.41, 5.74) is 4.09. The number of carbonyl (C=O) groups excluding carboxylic acids is 2. The number of aromatic nitrogens is 1. The first-order valence-corrected chi connectivity index (χ1v) is 9.06. The van der Waals surface area contributed by atoms with Crippen LogP contribution < -0.4 is 0 Å². The molecule has 2 amide bonds. The van der Waals surface area contributed by atoms with Gasteiger partial charge in [0.25, 0.3) is 5.91 Å². The minimum atomic E-state index is 0.0379. The molecule has 0 atom stereocenters. The Hall–Kier alpha value is -3.15. The maximum Gasteiger partial charge on any atom is 0.254 e. The topological polar surface area (TPSA) is 66.7 Å². The third kappa shape index (κ3) is 3.56. The molecule has 138 valence electrons. The molecule has 0 spiro atoms. The summed E-state index contributed by atoms with van der Waals surface area (Å²) >= 11 is 0. The van der Waals surface area contributed by atoms with E-state index in [0.29, 0.717) is 38.2 Å². The van der Waals surface area contributed by atoms with Crippen molar-refractivity contribution >= 4 is 22.9 Å². The third-order valence-electron chi connectivity index (χ3n) is 5.05. The summed E-state index contributed by atoms with van der Waals surface area (Å²) in [6.07, 6.45) is 1.73. The number of aryl methyl sites for hydroxylation is 1. The molecule has 6 heteroatoms. The Bertz CT molecular complexity index is 987. The van der Waals surface area contributed by atoms with Crippen molar-refractivity contribution in [3.63, 3.8) is 0 Å². The summed E-state index contributed by atoms with van der Waals surface area (Å²) in [6, 6.07) is 13.2. The van der Waals surface area contributed by atoms with Gasteiger partial charge >= 0.3 is 0 Å². The predicted octanol–water partition coefficient (Wildman–Crippen LogP) is 2.66. The van der Waals surface area contributed by atoms with E-state index in [1.165, 1.54) is 6.39 Å². The molecule has 3 aromatic rings. The molecule has 1 aliphatic rings. The Kier molecular flexibility index (Phi) is 4.62. The van der Waals surface area contributed by atoms with Crippen LogP contribution in [0.15, 0.2) is 53.3 Å². The number of nitrogens with zero attached hydrogens (tertiary/aromatic N) is 3. The lowest BCUT2D eigenvalue weighted by Crippen LogP contribution is -2.51. The number of carbonyl (C=O) groups is 2. The van der Waals surface area contributed by atoms with Crippen LogP contribution in [0.25, 0.3) is 11.1 Å². The number of oxazole rings is 1. The van der Waals surface area contributed by atoms with Crippen LogP contribution in [0.1, 0.15) is 21.5 Å². The van der Waals surface area contributed by atoms with Crippen molar-refractivity contribution in [3.05, 3.63) is 65.5 Å². The van der Waals surface area contributed by atoms with Crippen molar-refractivity contribution in [1.82, 2.24) is 14.8 Å². The van der Waals surface area contributed by atoms with E-state index in [1.54, 1.807) is 0 Å². The normalized spacial score (nSPS) is 14.6. The lowest BCUT2D eigenvalue weighted by molar-refractivity contribution is -0.131. The van der Waals surface area contributed by atoms with Crippen LogP contribution in [0.2, 0.25) is 0 Å². The molecule has 0 aliphatic carbocycles. The van der Waals surface area contributed by atoms with Gasteiger partial charge < -0.3 is 14.2 Å². The van der Waals surface area contributed by atoms with Gasteiger partial charge in [-0.2, -0.15) is 0 Å². The summed E-state index contributed by atoms with van der Waals surface area (Å²) < 4.78 is 5.30. The number of hydrogen-bond acceptors (Lipinski definition) is 4. The smallest absolute Gasteiger partial charge is 0.254 e. The number of fused-ring (bicyclic) bond motifs is 1. The van der Waals surface area contributed by atoms with Gasteiger partial charge in [-0.3, -0.25) is 9.59 Å². The maximum absolute atomic E-state index is 12.7. The number of amides is 2. The number of hydrogen-bond donors (Lipinski definition) is 0. The molecule has 6 nitrogen and oxygen atoms in total. The highest BCUT2D eigenvalue weighted by Crippen LogP contribution is 2.17. The first-order chi connectivity index (χ1) is 13.1. The van der Waals surface area contributed by atoms with Crippen molar-refractivity contribution in [2.24, 2.45) is 0 Å². The lowest BCUT2D eigenvalue weighted by atomic mass is 10.1. The fourth-order valence-corrected chi connectivity index (χ4v) is 3.44. The molecule has 27 heavy (non-hydrogen) atoms. The first kappa shape index (κ1) is 17.3. The average molecular weight is 363 g/mol. The molecule has 2 heterocycles. The lowest BCUT2D eigenvalue weighted by Gasteiger charge is -2.35. The van der Waals surface area contributed by atoms with Gasteiger partial charge in [-0.1, -0.05) is 24.3 Å². The summed E-state index contributed by atoms with van der Waals surface area (Å²) in [5, 5.41) is 0. The zero-order valence-electron chi connectivity index (χ0n) is 15.2.